The molecule has 11 heteroatoms. The highest BCUT2D eigenvalue weighted by Crippen LogP contribution is 2.39. The molecule has 1 aromatic heterocycles. The molecular formula is C28H25Br2N3O5S. The van der Waals surface area contributed by atoms with Crippen molar-refractivity contribution in [2.24, 2.45) is 4.99 Å². The van der Waals surface area contributed by atoms with Crippen molar-refractivity contribution in [2.75, 3.05) is 25.7 Å². The van der Waals surface area contributed by atoms with E-state index >= 15 is 0 Å². The van der Waals surface area contributed by atoms with E-state index in [0.29, 0.717) is 45.1 Å². The first-order chi connectivity index (χ1) is 18.7. The first-order valence-electron chi connectivity index (χ1n) is 12.4. The van der Waals surface area contributed by atoms with Crippen molar-refractivity contribution in [3.05, 3.63) is 87.4 Å². The lowest BCUT2D eigenvalue weighted by atomic mass is 9.93. The normalized spacial score (nSPS) is 17.6. The van der Waals surface area contributed by atoms with Gasteiger partial charge in [-0.2, -0.15) is 0 Å². The van der Waals surface area contributed by atoms with E-state index in [0.717, 1.165) is 26.7 Å². The topological polar surface area (TPSA) is 90.2 Å². The molecule has 1 atom stereocenters. The van der Waals surface area contributed by atoms with E-state index in [9.17, 15) is 14.4 Å². The van der Waals surface area contributed by atoms with Gasteiger partial charge in [0, 0.05) is 27.1 Å². The van der Waals surface area contributed by atoms with Crippen LogP contribution < -0.4 is 24.5 Å². The van der Waals surface area contributed by atoms with Crippen LogP contribution in [0.25, 0.3) is 5.57 Å². The Morgan fingerprint density at radius 3 is 2.51 bits per heavy atom. The number of fused-ring (bicyclic) bond motifs is 2. The van der Waals surface area contributed by atoms with Gasteiger partial charge in [-0.1, -0.05) is 56.5 Å². The number of esters is 1. The number of hydrogen-bond acceptors (Lipinski definition) is 7. The molecule has 1 amide bonds. The molecule has 2 aromatic carbocycles. The number of carbonyl (C=O) groups excluding carboxylic acids is 2. The van der Waals surface area contributed by atoms with Crippen molar-refractivity contribution in [3.63, 3.8) is 0 Å². The Hall–Kier alpha value is -3.02. The molecule has 2 aliphatic heterocycles. The Labute approximate surface area is 245 Å². The van der Waals surface area contributed by atoms with Crippen LogP contribution in [0, 0.1) is 0 Å². The molecule has 0 spiro atoms. The average molecular weight is 675 g/mol. The highest BCUT2D eigenvalue weighted by molar-refractivity contribution is 9.10. The van der Waals surface area contributed by atoms with Crippen molar-refractivity contribution in [3.8, 4) is 5.75 Å². The van der Waals surface area contributed by atoms with Gasteiger partial charge in [0.25, 0.3) is 11.5 Å². The molecule has 0 saturated carbocycles. The van der Waals surface area contributed by atoms with Crippen LogP contribution in [0.4, 0.5) is 5.69 Å². The summed E-state index contributed by atoms with van der Waals surface area (Å²) in [4.78, 5) is 47.9. The summed E-state index contributed by atoms with van der Waals surface area (Å²) in [5.74, 6) is -0.309. The Bertz CT molecular complexity index is 1740. The number of hydrogen-bond donors (Lipinski definition) is 0. The third-order valence-corrected chi connectivity index (χ3v) is 8.73. The van der Waals surface area contributed by atoms with Crippen molar-refractivity contribution in [1.29, 1.82) is 0 Å². The minimum Gasteiger partial charge on any atom is -0.496 e. The molecule has 8 nitrogen and oxygen atoms in total. The number of benzene rings is 2. The summed E-state index contributed by atoms with van der Waals surface area (Å²) < 4.78 is 14.5. The lowest BCUT2D eigenvalue weighted by molar-refractivity contribution is -0.139. The molecule has 39 heavy (non-hydrogen) atoms. The Balaban J connectivity index is 1.90. The number of aromatic nitrogens is 1. The summed E-state index contributed by atoms with van der Waals surface area (Å²) in [6.45, 7) is 3.91. The van der Waals surface area contributed by atoms with Gasteiger partial charge in [0.05, 0.1) is 36.2 Å². The predicted molar refractivity (Wildman–Crippen MR) is 157 cm³/mol. The van der Waals surface area contributed by atoms with Crippen molar-refractivity contribution < 1.29 is 19.1 Å². The first kappa shape index (κ1) is 27.5. The highest BCUT2D eigenvalue weighted by Gasteiger charge is 2.38. The van der Waals surface area contributed by atoms with Crippen LogP contribution >= 0.6 is 43.2 Å². The molecule has 0 fully saturated rings. The van der Waals surface area contributed by atoms with E-state index in [2.05, 4.69) is 31.9 Å². The molecule has 2 aliphatic rings. The number of ether oxygens (including phenoxy) is 2. The average Bonchev–Trinajstić information content (AvgIpc) is 3.35. The summed E-state index contributed by atoms with van der Waals surface area (Å²) in [6.07, 6.45) is 1.24. The fourth-order valence-corrected chi connectivity index (χ4v) is 6.85. The number of methoxy groups -OCH3 is 1. The number of amides is 1. The monoisotopic (exact) mass is 673 g/mol. The largest absolute Gasteiger partial charge is 0.496 e. The van der Waals surface area contributed by atoms with Gasteiger partial charge in [0.2, 0.25) is 0 Å². The second-order valence-corrected chi connectivity index (χ2v) is 11.8. The maximum atomic E-state index is 14.3. The van der Waals surface area contributed by atoms with E-state index in [1.54, 1.807) is 27.1 Å². The van der Waals surface area contributed by atoms with E-state index in [1.807, 2.05) is 37.3 Å². The van der Waals surface area contributed by atoms with E-state index < -0.39 is 17.6 Å². The van der Waals surface area contributed by atoms with Crippen LogP contribution in [0.5, 0.6) is 5.75 Å². The van der Waals surface area contributed by atoms with Crippen LogP contribution in [0.3, 0.4) is 0 Å². The van der Waals surface area contributed by atoms with E-state index in [-0.39, 0.29) is 22.6 Å². The number of allylic oxidation sites excluding steroid dienone is 1. The number of carbonyl (C=O) groups is 2. The lowest BCUT2D eigenvalue weighted by Gasteiger charge is -2.27. The maximum Gasteiger partial charge on any atom is 0.338 e. The first-order valence-corrected chi connectivity index (χ1v) is 14.8. The van der Waals surface area contributed by atoms with Gasteiger partial charge < -0.3 is 14.4 Å². The van der Waals surface area contributed by atoms with Crippen LogP contribution in [0.1, 0.15) is 43.9 Å². The lowest BCUT2D eigenvalue weighted by Crippen LogP contribution is -2.41. The Morgan fingerprint density at radius 1 is 1.10 bits per heavy atom. The van der Waals surface area contributed by atoms with Crippen LogP contribution in [0.2, 0.25) is 0 Å². The van der Waals surface area contributed by atoms with Gasteiger partial charge in [-0.3, -0.25) is 14.2 Å². The van der Waals surface area contributed by atoms with Gasteiger partial charge in [0.1, 0.15) is 16.3 Å². The molecule has 0 unspecified atom stereocenters. The standard InChI is InChI=1S/C28H25Br2N3O5S/c1-5-7-18-22(27(36)38-6-2)23(17-13-15(30)9-11-20(17)37-4)33-26(35)24(39-28(33)31-18)21-16-12-14(29)8-10-19(16)32(3)25(21)34/h8-13,23H,5-7H2,1-4H3/b24-21+/t23-/m1/s1. The molecule has 0 bridgehead atoms. The number of likely N-dealkylation sites (N-methyl/N-ethyl adjacent to an activating group) is 1. The summed E-state index contributed by atoms with van der Waals surface area (Å²) in [6, 6.07) is 10.1. The Kier molecular flexibility index (Phi) is 7.67. The molecule has 0 radical (unpaired) electrons. The van der Waals surface area contributed by atoms with Gasteiger partial charge >= 0.3 is 5.97 Å². The number of rotatable bonds is 6. The molecule has 0 saturated heterocycles. The fraction of sp³-hybridized carbons (Fsp3) is 0.286. The van der Waals surface area contributed by atoms with Gasteiger partial charge in [0.15, 0.2) is 4.80 Å². The van der Waals surface area contributed by atoms with Gasteiger partial charge in [-0.15, -0.1) is 0 Å². The van der Waals surface area contributed by atoms with Crippen molar-refractivity contribution in [2.45, 2.75) is 32.7 Å². The molecular weight excluding hydrogens is 650 g/mol. The second-order valence-electron chi connectivity index (χ2n) is 9.02. The second kappa shape index (κ2) is 10.9. The quantitative estimate of drug-likeness (QED) is 0.361. The van der Waals surface area contributed by atoms with E-state index in [1.165, 1.54) is 9.47 Å². The summed E-state index contributed by atoms with van der Waals surface area (Å²) in [5, 5.41) is 0. The zero-order chi connectivity index (χ0) is 28.0. The number of nitrogens with zero attached hydrogens (tertiary/aromatic N) is 3. The molecule has 5 rings (SSSR count). The maximum absolute atomic E-state index is 14.3. The zero-order valence-electron chi connectivity index (χ0n) is 21.7. The minimum atomic E-state index is -0.861. The molecule has 0 aliphatic carbocycles. The number of halogens is 2. The fourth-order valence-electron chi connectivity index (χ4n) is 5.00. The van der Waals surface area contributed by atoms with E-state index in [4.69, 9.17) is 14.5 Å². The number of anilines is 1. The van der Waals surface area contributed by atoms with Gasteiger partial charge in [-0.05, 0) is 49.7 Å². The summed E-state index contributed by atoms with van der Waals surface area (Å²) in [5.41, 5.74) is 2.73. The summed E-state index contributed by atoms with van der Waals surface area (Å²) in [7, 11) is 3.23. The third-order valence-electron chi connectivity index (χ3n) is 6.69. The summed E-state index contributed by atoms with van der Waals surface area (Å²) >= 11 is 8.17. The van der Waals surface area contributed by atoms with Crippen LogP contribution in [-0.4, -0.2) is 37.2 Å². The van der Waals surface area contributed by atoms with Crippen molar-refractivity contribution in [1.82, 2.24) is 4.57 Å². The smallest absolute Gasteiger partial charge is 0.338 e. The van der Waals surface area contributed by atoms with Crippen LogP contribution in [0.15, 0.2) is 66.4 Å². The third kappa shape index (κ3) is 4.60. The zero-order valence-corrected chi connectivity index (χ0v) is 25.7. The van der Waals surface area contributed by atoms with Gasteiger partial charge in [-0.25, -0.2) is 9.79 Å². The molecule has 0 N–H and O–H groups in total. The minimum absolute atomic E-state index is 0.172. The molecule has 202 valence electrons. The highest BCUT2D eigenvalue weighted by atomic mass is 79.9. The Morgan fingerprint density at radius 2 is 1.82 bits per heavy atom. The SMILES string of the molecule is CCCC1=C(C(=O)OCC)[C@@H](c2cc(Br)ccc2OC)n2c(s/c(=C3/C(=O)N(C)c4ccc(Br)cc43)c2=O)=N1. The van der Waals surface area contributed by atoms with Crippen molar-refractivity contribution >= 4 is 66.3 Å². The molecule has 3 aromatic rings. The molecule has 3 heterocycles. The number of thiazole rings is 1. The van der Waals surface area contributed by atoms with Crippen LogP contribution in [-0.2, 0) is 14.3 Å². The predicted octanol–water partition coefficient (Wildman–Crippen LogP) is 4.46.